The SMILES string of the molecule is C=CCC/C=C/C(N)=O. The van der Waals surface area contributed by atoms with Gasteiger partial charge in [0.2, 0.25) is 5.91 Å². The lowest BCUT2D eigenvalue weighted by Crippen LogP contribution is -2.05. The second kappa shape index (κ2) is 5.09. The smallest absolute Gasteiger partial charge is 0.241 e. The van der Waals surface area contributed by atoms with Crippen LogP contribution in [0.15, 0.2) is 24.8 Å². The zero-order valence-electron chi connectivity index (χ0n) is 5.34. The number of hydrogen-bond donors (Lipinski definition) is 1. The van der Waals surface area contributed by atoms with Gasteiger partial charge in [-0.1, -0.05) is 12.2 Å². The molecule has 1 amide bonds. The Morgan fingerprint density at radius 2 is 2.22 bits per heavy atom. The van der Waals surface area contributed by atoms with Gasteiger partial charge in [-0.25, -0.2) is 0 Å². The fourth-order valence-corrected chi connectivity index (χ4v) is 0.414. The predicted octanol–water partition coefficient (Wildman–Crippen LogP) is 0.994. The van der Waals surface area contributed by atoms with Crippen LogP contribution in [-0.2, 0) is 4.79 Å². The molecule has 2 N–H and O–H groups in total. The average Bonchev–Trinajstić information content (AvgIpc) is 1.80. The third kappa shape index (κ3) is 6.95. The summed E-state index contributed by atoms with van der Waals surface area (Å²) in [5.74, 6) is -0.390. The summed E-state index contributed by atoms with van der Waals surface area (Å²) in [6.07, 6.45) is 6.63. The van der Waals surface area contributed by atoms with E-state index in [2.05, 4.69) is 6.58 Å². The van der Waals surface area contributed by atoms with Gasteiger partial charge < -0.3 is 5.73 Å². The topological polar surface area (TPSA) is 43.1 Å². The molecule has 0 bridgehead atoms. The van der Waals surface area contributed by atoms with Crippen molar-refractivity contribution < 1.29 is 4.79 Å². The lowest BCUT2D eigenvalue weighted by atomic mass is 10.3. The lowest BCUT2D eigenvalue weighted by molar-refractivity contribution is -0.113. The van der Waals surface area contributed by atoms with Gasteiger partial charge in [-0.05, 0) is 18.9 Å². The van der Waals surface area contributed by atoms with Crippen molar-refractivity contribution in [2.45, 2.75) is 12.8 Å². The second-order valence-corrected chi connectivity index (χ2v) is 1.67. The van der Waals surface area contributed by atoms with Crippen LogP contribution in [0, 0.1) is 0 Å². The van der Waals surface area contributed by atoms with Gasteiger partial charge in [0.05, 0.1) is 0 Å². The van der Waals surface area contributed by atoms with Crippen molar-refractivity contribution >= 4 is 5.91 Å². The molecule has 0 aromatic heterocycles. The Labute approximate surface area is 55.1 Å². The van der Waals surface area contributed by atoms with Crippen molar-refractivity contribution in [1.82, 2.24) is 0 Å². The van der Waals surface area contributed by atoms with Gasteiger partial charge in [-0.15, -0.1) is 6.58 Å². The second-order valence-electron chi connectivity index (χ2n) is 1.67. The summed E-state index contributed by atoms with van der Waals surface area (Å²) in [7, 11) is 0. The standard InChI is InChI=1S/C7H11NO/c1-2-3-4-5-6-7(8)9/h2,5-6H,1,3-4H2,(H2,8,9)/b6-5+. The third-order valence-electron chi connectivity index (χ3n) is 0.820. The molecule has 9 heavy (non-hydrogen) atoms. The van der Waals surface area contributed by atoms with E-state index in [1.54, 1.807) is 12.2 Å². The Hall–Kier alpha value is -1.05. The number of carbonyl (C=O) groups excluding carboxylic acids is 1. The maximum atomic E-state index is 10.1. The molecule has 0 rings (SSSR count). The molecular formula is C7H11NO. The first-order valence-electron chi connectivity index (χ1n) is 2.84. The van der Waals surface area contributed by atoms with Crippen molar-refractivity contribution in [1.29, 1.82) is 0 Å². The molecule has 0 saturated carbocycles. The van der Waals surface area contributed by atoms with E-state index in [9.17, 15) is 4.79 Å². The first-order valence-corrected chi connectivity index (χ1v) is 2.84. The highest BCUT2D eigenvalue weighted by molar-refractivity contribution is 5.85. The number of hydrogen-bond acceptors (Lipinski definition) is 1. The Balaban J connectivity index is 3.24. The van der Waals surface area contributed by atoms with E-state index in [0.29, 0.717) is 0 Å². The van der Waals surface area contributed by atoms with Crippen LogP contribution in [0.4, 0.5) is 0 Å². The van der Waals surface area contributed by atoms with Gasteiger partial charge in [-0.3, -0.25) is 4.79 Å². The van der Waals surface area contributed by atoms with Gasteiger partial charge in [0.25, 0.3) is 0 Å². The Morgan fingerprint density at radius 1 is 1.56 bits per heavy atom. The summed E-state index contributed by atoms with van der Waals surface area (Å²) >= 11 is 0. The molecule has 0 spiro atoms. The van der Waals surface area contributed by atoms with Crippen LogP contribution in [0.2, 0.25) is 0 Å². The van der Waals surface area contributed by atoms with Gasteiger partial charge in [0.1, 0.15) is 0 Å². The zero-order chi connectivity index (χ0) is 7.11. The Bertz CT molecular complexity index is 127. The third-order valence-corrected chi connectivity index (χ3v) is 0.820. The Kier molecular flexibility index (Phi) is 4.50. The van der Waals surface area contributed by atoms with Gasteiger partial charge in [0.15, 0.2) is 0 Å². The van der Waals surface area contributed by atoms with Crippen LogP contribution >= 0.6 is 0 Å². The monoisotopic (exact) mass is 125 g/mol. The molecule has 2 heteroatoms. The number of nitrogens with two attached hydrogens (primary N) is 1. The quantitative estimate of drug-likeness (QED) is 0.340. The summed E-state index contributed by atoms with van der Waals surface area (Å²) in [5.41, 5.74) is 4.82. The summed E-state index contributed by atoms with van der Waals surface area (Å²) in [6, 6.07) is 0. The maximum Gasteiger partial charge on any atom is 0.241 e. The van der Waals surface area contributed by atoms with E-state index in [1.165, 1.54) is 6.08 Å². The molecule has 0 aliphatic rings. The van der Waals surface area contributed by atoms with Crippen LogP contribution in [-0.4, -0.2) is 5.91 Å². The molecule has 0 atom stereocenters. The Morgan fingerprint density at radius 3 is 2.67 bits per heavy atom. The molecule has 2 nitrogen and oxygen atoms in total. The summed E-state index contributed by atoms with van der Waals surface area (Å²) in [4.78, 5) is 10.1. The average molecular weight is 125 g/mol. The lowest BCUT2D eigenvalue weighted by Gasteiger charge is -1.82. The first-order chi connectivity index (χ1) is 4.27. The number of amides is 1. The molecule has 0 radical (unpaired) electrons. The van der Waals surface area contributed by atoms with E-state index >= 15 is 0 Å². The maximum absolute atomic E-state index is 10.1. The zero-order valence-corrected chi connectivity index (χ0v) is 5.34. The minimum Gasteiger partial charge on any atom is -0.366 e. The molecule has 0 aromatic carbocycles. The highest BCUT2D eigenvalue weighted by Gasteiger charge is 1.79. The van der Waals surface area contributed by atoms with Crippen molar-refractivity contribution in [3.63, 3.8) is 0 Å². The number of allylic oxidation sites excluding steroid dienone is 2. The molecule has 0 aliphatic heterocycles. The molecule has 0 fully saturated rings. The summed E-state index contributed by atoms with van der Waals surface area (Å²) in [6.45, 7) is 3.53. The van der Waals surface area contributed by atoms with E-state index in [4.69, 9.17) is 5.73 Å². The van der Waals surface area contributed by atoms with Gasteiger partial charge in [-0.2, -0.15) is 0 Å². The van der Waals surface area contributed by atoms with E-state index < -0.39 is 0 Å². The highest BCUT2D eigenvalue weighted by Crippen LogP contribution is 1.89. The molecule has 0 aliphatic carbocycles. The number of rotatable bonds is 4. The van der Waals surface area contributed by atoms with E-state index in [-0.39, 0.29) is 5.91 Å². The van der Waals surface area contributed by atoms with Crippen molar-refractivity contribution in [3.05, 3.63) is 24.8 Å². The number of unbranched alkanes of at least 4 members (excludes halogenated alkanes) is 1. The van der Waals surface area contributed by atoms with Gasteiger partial charge >= 0.3 is 0 Å². The molecule has 50 valence electrons. The molecular weight excluding hydrogens is 114 g/mol. The van der Waals surface area contributed by atoms with Crippen LogP contribution in [0.1, 0.15) is 12.8 Å². The summed E-state index contributed by atoms with van der Waals surface area (Å²) in [5, 5.41) is 0. The fourth-order valence-electron chi connectivity index (χ4n) is 0.414. The first kappa shape index (κ1) is 7.95. The summed E-state index contributed by atoms with van der Waals surface area (Å²) < 4.78 is 0. The highest BCUT2D eigenvalue weighted by atomic mass is 16.1. The minimum atomic E-state index is -0.390. The van der Waals surface area contributed by atoms with Gasteiger partial charge in [0, 0.05) is 0 Å². The fraction of sp³-hybridized carbons (Fsp3) is 0.286. The van der Waals surface area contributed by atoms with Crippen LogP contribution < -0.4 is 5.73 Å². The van der Waals surface area contributed by atoms with E-state index in [1.807, 2.05) is 0 Å². The molecule has 0 unspecified atom stereocenters. The minimum absolute atomic E-state index is 0.390. The molecule has 0 heterocycles. The predicted molar refractivity (Wildman–Crippen MR) is 37.8 cm³/mol. The number of carbonyl (C=O) groups is 1. The van der Waals surface area contributed by atoms with Crippen molar-refractivity contribution in [3.8, 4) is 0 Å². The van der Waals surface area contributed by atoms with E-state index in [0.717, 1.165) is 12.8 Å². The normalized spacial score (nSPS) is 9.78. The van der Waals surface area contributed by atoms with Crippen LogP contribution in [0.3, 0.4) is 0 Å². The molecule has 0 aromatic rings. The molecule has 0 saturated heterocycles. The van der Waals surface area contributed by atoms with Crippen molar-refractivity contribution in [2.24, 2.45) is 5.73 Å². The van der Waals surface area contributed by atoms with Crippen molar-refractivity contribution in [2.75, 3.05) is 0 Å². The van der Waals surface area contributed by atoms with Crippen LogP contribution in [0.25, 0.3) is 0 Å². The number of primary amides is 1. The van der Waals surface area contributed by atoms with Crippen LogP contribution in [0.5, 0.6) is 0 Å². The largest absolute Gasteiger partial charge is 0.366 e.